The van der Waals surface area contributed by atoms with Crippen LogP contribution in [0, 0.1) is 11.8 Å². The Balaban J connectivity index is 1.42. The quantitative estimate of drug-likeness (QED) is 0.827. The molecule has 3 aliphatic rings. The molecule has 3 aliphatic heterocycles. The van der Waals surface area contributed by atoms with Crippen LogP contribution in [0.3, 0.4) is 0 Å². The molecule has 0 saturated carbocycles. The third-order valence-corrected chi connectivity index (χ3v) is 7.15. The first kappa shape index (κ1) is 20.2. The molecule has 0 bridgehead atoms. The average Bonchev–Trinajstić information content (AvgIpc) is 3.06. The van der Waals surface area contributed by atoms with Crippen LogP contribution in [0.5, 0.6) is 5.75 Å². The normalized spacial score (nSPS) is 30.1. The van der Waals surface area contributed by atoms with Crippen LogP contribution in [0.4, 0.5) is 0 Å². The van der Waals surface area contributed by atoms with Gasteiger partial charge in [0.2, 0.25) is 11.8 Å². The smallest absolute Gasteiger partial charge is 0.226 e. The van der Waals surface area contributed by atoms with E-state index in [-0.39, 0.29) is 30.2 Å². The number of amides is 2. The molecule has 0 aromatic heterocycles. The van der Waals surface area contributed by atoms with E-state index in [1.165, 1.54) is 45.2 Å². The molecule has 3 saturated heterocycles. The lowest BCUT2D eigenvalue weighted by Gasteiger charge is -2.44. The maximum absolute atomic E-state index is 13.1. The molecular formula is C23H33N3O3. The number of fused-ring (bicyclic) bond motifs is 1. The van der Waals surface area contributed by atoms with E-state index in [0.717, 1.165) is 17.9 Å². The lowest BCUT2D eigenvalue weighted by molar-refractivity contribution is -0.128. The van der Waals surface area contributed by atoms with Gasteiger partial charge in [-0.2, -0.15) is 0 Å². The third-order valence-electron chi connectivity index (χ3n) is 7.15. The Morgan fingerprint density at radius 2 is 1.90 bits per heavy atom. The van der Waals surface area contributed by atoms with Crippen molar-refractivity contribution < 1.29 is 14.3 Å². The van der Waals surface area contributed by atoms with E-state index in [4.69, 9.17) is 4.74 Å². The van der Waals surface area contributed by atoms with Crippen molar-refractivity contribution in [3.05, 3.63) is 29.8 Å². The summed E-state index contributed by atoms with van der Waals surface area (Å²) >= 11 is 0. The van der Waals surface area contributed by atoms with Gasteiger partial charge in [0.05, 0.1) is 19.1 Å². The van der Waals surface area contributed by atoms with Gasteiger partial charge in [0.15, 0.2) is 0 Å². The zero-order valence-electron chi connectivity index (χ0n) is 17.6. The summed E-state index contributed by atoms with van der Waals surface area (Å²) in [5.41, 5.74) is 0.982. The highest BCUT2D eigenvalue weighted by Gasteiger charge is 2.43. The van der Waals surface area contributed by atoms with Crippen molar-refractivity contribution in [2.75, 3.05) is 33.8 Å². The summed E-state index contributed by atoms with van der Waals surface area (Å²) in [6.45, 7) is 3.14. The molecular weight excluding hydrogens is 366 g/mol. The number of carbonyl (C=O) groups excluding carboxylic acids is 2. The monoisotopic (exact) mass is 399 g/mol. The summed E-state index contributed by atoms with van der Waals surface area (Å²) in [5.74, 6) is 1.00. The molecule has 6 nitrogen and oxygen atoms in total. The predicted molar refractivity (Wildman–Crippen MR) is 112 cm³/mol. The Morgan fingerprint density at radius 3 is 2.66 bits per heavy atom. The average molecular weight is 400 g/mol. The van der Waals surface area contributed by atoms with E-state index in [1.54, 1.807) is 19.1 Å². The van der Waals surface area contributed by atoms with E-state index in [1.807, 2.05) is 24.3 Å². The Kier molecular flexibility index (Phi) is 6.09. The summed E-state index contributed by atoms with van der Waals surface area (Å²) in [4.78, 5) is 29.9. The van der Waals surface area contributed by atoms with Crippen LogP contribution in [0.15, 0.2) is 24.3 Å². The fourth-order valence-corrected chi connectivity index (χ4v) is 5.54. The fourth-order valence-electron chi connectivity index (χ4n) is 5.54. The largest absolute Gasteiger partial charge is 0.497 e. The number of benzene rings is 1. The summed E-state index contributed by atoms with van der Waals surface area (Å²) in [6, 6.07) is 8.09. The molecule has 158 valence electrons. The minimum Gasteiger partial charge on any atom is -0.497 e. The first-order chi connectivity index (χ1) is 14.1. The van der Waals surface area contributed by atoms with Crippen molar-refractivity contribution >= 4 is 11.8 Å². The number of nitrogens with one attached hydrogen (secondary N) is 1. The molecule has 3 fully saturated rings. The van der Waals surface area contributed by atoms with Crippen LogP contribution in [0.2, 0.25) is 0 Å². The zero-order valence-corrected chi connectivity index (χ0v) is 17.6. The molecule has 1 aromatic carbocycles. The second kappa shape index (κ2) is 8.74. The molecule has 4 atom stereocenters. The summed E-state index contributed by atoms with van der Waals surface area (Å²) < 4.78 is 5.24. The topological polar surface area (TPSA) is 61.9 Å². The Bertz CT molecular complexity index is 733. The number of rotatable bonds is 5. The molecule has 0 radical (unpaired) electrons. The van der Waals surface area contributed by atoms with Crippen LogP contribution in [0.25, 0.3) is 0 Å². The lowest BCUT2D eigenvalue weighted by Crippen LogP contribution is -2.51. The standard InChI is InChI=1S/C23H33N3O3/c1-25-21(27)14-19(22(25)16-8-10-18(29-2)11-9-16)23(28)24-15-17-6-5-13-26-12-4-3-7-20(17)26/h8-11,17,19-20,22H,3-7,12-15H2,1-2H3,(H,24,28)/t17-,19?,20+,22?/m0/s1. The van der Waals surface area contributed by atoms with Crippen LogP contribution >= 0.6 is 0 Å². The fraction of sp³-hybridized carbons (Fsp3) is 0.652. The number of ether oxygens (including phenoxy) is 1. The minimum atomic E-state index is -0.341. The Hall–Kier alpha value is -2.08. The second-order valence-electron chi connectivity index (χ2n) is 8.78. The van der Waals surface area contributed by atoms with Crippen LogP contribution in [-0.4, -0.2) is 61.4 Å². The SMILES string of the molecule is COc1ccc(C2C(C(=O)NC[C@@H]3CCCN4CCCC[C@H]34)CC(=O)N2C)cc1. The number of likely N-dealkylation sites (tertiary alicyclic amines) is 1. The lowest BCUT2D eigenvalue weighted by atomic mass is 9.83. The van der Waals surface area contributed by atoms with Gasteiger partial charge < -0.3 is 19.9 Å². The number of hydrogen-bond donors (Lipinski definition) is 1. The zero-order chi connectivity index (χ0) is 20.4. The highest BCUT2D eigenvalue weighted by atomic mass is 16.5. The summed E-state index contributed by atoms with van der Waals surface area (Å²) in [5, 5.41) is 3.22. The molecule has 3 heterocycles. The molecule has 0 aliphatic carbocycles. The van der Waals surface area contributed by atoms with Crippen molar-refractivity contribution in [1.82, 2.24) is 15.1 Å². The van der Waals surface area contributed by atoms with Gasteiger partial charge in [0.25, 0.3) is 0 Å². The Morgan fingerprint density at radius 1 is 1.14 bits per heavy atom. The van der Waals surface area contributed by atoms with E-state index in [9.17, 15) is 9.59 Å². The van der Waals surface area contributed by atoms with Crippen molar-refractivity contribution in [2.45, 2.75) is 50.6 Å². The van der Waals surface area contributed by atoms with E-state index >= 15 is 0 Å². The van der Waals surface area contributed by atoms with Crippen LogP contribution < -0.4 is 10.1 Å². The molecule has 1 N–H and O–H groups in total. The second-order valence-corrected chi connectivity index (χ2v) is 8.78. The maximum atomic E-state index is 13.1. The minimum absolute atomic E-state index is 0.0106. The van der Waals surface area contributed by atoms with Crippen molar-refractivity contribution in [3.63, 3.8) is 0 Å². The number of hydrogen-bond acceptors (Lipinski definition) is 4. The van der Waals surface area contributed by atoms with Gasteiger partial charge in [-0.1, -0.05) is 18.6 Å². The Labute approximate surface area is 173 Å². The van der Waals surface area contributed by atoms with Gasteiger partial charge in [-0.3, -0.25) is 9.59 Å². The van der Waals surface area contributed by atoms with Gasteiger partial charge in [-0.05, 0) is 62.4 Å². The van der Waals surface area contributed by atoms with E-state index < -0.39 is 0 Å². The number of carbonyl (C=O) groups is 2. The molecule has 6 heteroatoms. The molecule has 0 spiro atoms. The van der Waals surface area contributed by atoms with Gasteiger partial charge in [-0.15, -0.1) is 0 Å². The van der Waals surface area contributed by atoms with Crippen molar-refractivity contribution in [3.8, 4) is 5.75 Å². The van der Waals surface area contributed by atoms with Gasteiger partial charge >= 0.3 is 0 Å². The molecule has 1 aromatic rings. The third kappa shape index (κ3) is 4.13. The van der Waals surface area contributed by atoms with Crippen molar-refractivity contribution in [1.29, 1.82) is 0 Å². The highest BCUT2D eigenvalue weighted by molar-refractivity contribution is 5.90. The maximum Gasteiger partial charge on any atom is 0.226 e. The summed E-state index contributed by atoms with van der Waals surface area (Å²) in [7, 11) is 3.43. The van der Waals surface area contributed by atoms with E-state index in [2.05, 4.69) is 10.2 Å². The summed E-state index contributed by atoms with van der Waals surface area (Å²) in [6.07, 6.45) is 6.53. The first-order valence-corrected chi connectivity index (χ1v) is 11.0. The molecule has 29 heavy (non-hydrogen) atoms. The number of methoxy groups -OCH3 is 1. The molecule has 2 unspecified atom stereocenters. The van der Waals surface area contributed by atoms with Gasteiger partial charge in [0.1, 0.15) is 5.75 Å². The predicted octanol–water partition coefficient (Wildman–Crippen LogP) is 2.60. The highest BCUT2D eigenvalue weighted by Crippen LogP contribution is 2.38. The van der Waals surface area contributed by atoms with Gasteiger partial charge in [-0.25, -0.2) is 0 Å². The molecule has 2 amide bonds. The van der Waals surface area contributed by atoms with Gasteiger partial charge in [0, 0.05) is 26.1 Å². The van der Waals surface area contributed by atoms with Crippen molar-refractivity contribution in [2.24, 2.45) is 11.8 Å². The van der Waals surface area contributed by atoms with Crippen LogP contribution in [0.1, 0.15) is 50.1 Å². The van der Waals surface area contributed by atoms with E-state index in [0.29, 0.717) is 12.0 Å². The first-order valence-electron chi connectivity index (χ1n) is 11.0. The van der Waals surface area contributed by atoms with Crippen LogP contribution in [-0.2, 0) is 9.59 Å². The molecule has 4 rings (SSSR count). The number of nitrogens with zero attached hydrogens (tertiary/aromatic N) is 2. The number of piperidine rings is 2.